The molecule has 0 aliphatic carbocycles. The molecule has 1 N–H and O–H groups in total. The Bertz CT molecular complexity index is 294. The minimum absolute atomic E-state index is 0.153. The molecule has 62 valence electrons. The fraction of sp³-hybridized carbons (Fsp3) is 0.300. The van der Waals surface area contributed by atoms with Gasteiger partial charge in [-0.15, -0.1) is 0 Å². The number of rotatable bonds is 1. The average Bonchev–Trinajstić information content (AvgIpc) is 2.01. The lowest BCUT2D eigenvalue weighted by atomic mass is 9.97. The normalized spacial score (nSPS) is 21.4. The number of hydrogen-bond acceptors (Lipinski definition) is 1. The molecule has 2 nitrogen and oxygen atoms in total. The second-order valence-electron chi connectivity index (χ2n) is 3.23. The number of β-lactam (4-membered cyclic amide) rings is 1. The molecule has 1 saturated heterocycles. The van der Waals surface area contributed by atoms with E-state index in [1.165, 1.54) is 11.1 Å². The highest BCUT2D eigenvalue weighted by atomic mass is 16.2. The van der Waals surface area contributed by atoms with Crippen LogP contribution in [0.1, 0.15) is 23.6 Å². The summed E-state index contributed by atoms with van der Waals surface area (Å²) in [5.41, 5.74) is 2.46. The maximum absolute atomic E-state index is 10.6. The van der Waals surface area contributed by atoms with Crippen LogP contribution in [0, 0.1) is 6.92 Å². The van der Waals surface area contributed by atoms with E-state index in [0.717, 1.165) is 0 Å². The van der Waals surface area contributed by atoms with Crippen molar-refractivity contribution in [3.63, 3.8) is 0 Å². The van der Waals surface area contributed by atoms with Gasteiger partial charge in [0, 0.05) is 0 Å². The van der Waals surface area contributed by atoms with Crippen LogP contribution in [-0.4, -0.2) is 5.91 Å². The summed E-state index contributed by atoms with van der Waals surface area (Å²) in [5.74, 6) is 0.153. The van der Waals surface area contributed by atoms with E-state index in [-0.39, 0.29) is 11.9 Å². The van der Waals surface area contributed by atoms with Gasteiger partial charge in [0.2, 0.25) is 5.91 Å². The Morgan fingerprint density at radius 3 is 2.42 bits per heavy atom. The Kier molecular flexibility index (Phi) is 1.61. The topological polar surface area (TPSA) is 29.1 Å². The molecule has 0 bridgehead atoms. The second-order valence-corrected chi connectivity index (χ2v) is 3.23. The Morgan fingerprint density at radius 2 is 1.92 bits per heavy atom. The highest BCUT2D eigenvalue weighted by Crippen LogP contribution is 2.23. The van der Waals surface area contributed by atoms with Crippen LogP contribution in [0.5, 0.6) is 0 Å². The van der Waals surface area contributed by atoms with Crippen LogP contribution in [0.3, 0.4) is 0 Å². The largest absolute Gasteiger partial charge is 0.349 e. The van der Waals surface area contributed by atoms with E-state index in [2.05, 4.69) is 36.5 Å². The van der Waals surface area contributed by atoms with Crippen molar-refractivity contribution >= 4 is 5.91 Å². The number of amides is 1. The quantitative estimate of drug-likeness (QED) is 0.622. The molecule has 12 heavy (non-hydrogen) atoms. The predicted octanol–water partition coefficient (Wildman–Crippen LogP) is 1.56. The van der Waals surface area contributed by atoms with Gasteiger partial charge in [-0.25, -0.2) is 0 Å². The van der Waals surface area contributed by atoms with Crippen molar-refractivity contribution in [2.75, 3.05) is 0 Å². The summed E-state index contributed by atoms with van der Waals surface area (Å²) in [4.78, 5) is 10.6. The van der Waals surface area contributed by atoms with Crippen molar-refractivity contribution in [1.29, 1.82) is 0 Å². The molecule has 1 fully saturated rings. The molecule has 1 heterocycles. The van der Waals surface area contributed by atoms with Gasteiger partial charge in [0.05, 0.1) is 12.5 Å². The first kappa shape index (κ1) is 7.35. The molecule has 1 aliphatic rings. The predicted molar refractivity (Wildman–Crippen MR) is 46.7 cm³/mol. The third kappa shape index (κ3) is 1.20. The summed E-state index contributed by atoms with van der Waals surface area (Å²) < 4.78 is 0. The Balaban J connectivity index is 2.14. The fourth-order valence-corrected chi connectivity index (χ4v) is 1.36. The van der Waals surface area contributed by atoms with Gasteiger partial charge in [-0.1, -0.05) is 29.8 Å². The van der Waals surface area contributed by atoms with E-state index in [4.69, 9.17) is 0 Å². The second kappa shape index (κ2) is 2.63. The van der Waals surface area contributed by atoms with Crippen LogP contribution < -0.4 is 5.32 Å². The van der Waals surface area contributed by atoms with Crippen LogP contribution >= 0.6 is 0 Å². The van der Waals surface area contributed by atoms with Crippen LogP contribution in [0.15, 0.2) is 24.3 Å². The van der Waals surface area contributed by atoms with E-state index < -0.39 is 0 Å². The number of hydrogen-bond donors (Lipinski definition) is 1. The highest BCUT2D eigenvalue weighted by Gasteiger charge is 2.25. The average molecular weight is 161 g/mol. The molecule has 1 aliphatic heterocycles. The van der Waals surface area contributed by atoms with Crippen molar-refractivity contribution in [3.05, 3.63) is 35.4 Å². The van der Waals surface area contributed by atoms with Crippen LogP contribution in [0.2, 0.25) is 0 Å². The summed E-state index contributed by atoms with van der Waals surface area (Å²) in [6.07, 6.45) is 0.642. The van der Waals surface area contributed by atoms with Gasteiger partial charge in [0.1, 0.15) is 0 Å². The minimum Gasteiger partial charge on any atom is -0.349 e. The molecule has 1 aromatic carbocycles. The van der Waals surface area contributed by atoms with Gasteiger partial charge >= 0.3 is 0 Å². The van der Waals surface area contributed by atoms with Gasteiger partial charge in [0.15, 0.2) is 0 Å². The van der Waals surface area contributed by atoms with Gasteiger partial charge in [-0.05, 0) is 12.5 Å². The molecule has 2 heteroatoms. The molecular weight excluding hydrogens is 150 g/mol. The lowest BCUT2D eigenvalue weighted by molar-refractivity contribution is -0.128. The highest BCUT2D eigenvalue weighted by molar-refractivity contribution is 5.83. The van der Waals surface area contributed by atoms with Crippen molar-refractivity contribution in [3.8, 4) is 0 Å². The molecule has 1 aromatic rings. The number of carbonyl (C=O) groups excluding carboxylic acids is 1. The smallest absolute Gasteiger partial charge is 0.222 e. The first-order valence-electron chi connectivity index (χ1n) is 4.11. The lowest BCUT2D eigenvalue weighted by Crippen LogP contribution is -2.41. The Labute approximate surface area is 71.6 Å². The van der Waals surface area contributed by atoms with Crippen molar-refractivity contribution in [2.24, 2.45) is 0 Å². The summed E-state index contributed by atoms with van der Waals surface area (Å²) in [6, 6.07) is 8.54. The summed E-state index contributed by atoms with van der Waals surface area (Å²) in [6.45, 7) is 2.06. The third-order valence-electron chi connectivity index (χ3n) is 2.20. The fourth-order valence-electron chi connectivity index (χ4n) is 1.36. The van der Waals surface area contributed by atoms with E-state index >= 15 is 0 Å². The van der Waals surface area contributed by atoms with Crippen molar-refractivity contribution in [2.45, 2.75) is 19.4 Å². The summed E-state index contributed by atoms with van der Waals surface area (Å²) in [5, 5.41) is 2.84. The van der Waals surface area contributed by atoms with Crippen LogP contribution in [0.25, 0.3) is 0 Å². The number of aryl methyl sites for hydroxylation is 1. The van der Waals surface area contributed by atoms with E-state index in [0.29, 0.717) is 6.42 Å². The third-order valence-corrected chi connectivity index (χ3v) is 2.20. The van der Waals surface area contributed by atoms with Gasteiger partial charge in [-0.3, -0.25) is 4.79 Å². The maximum atomic E-state index is 10.6. The van der Waals surface area contributed by atoms with Gasteiger partial charge < -0.3 is 5.32 Å². The van der Waals surface area contributed by atoms with Crippen LogP contribution in [0.4, 0.5) is 0 Å². The molecule has 0 aromatic heterocycles. The molecule has 1 amide bonds. The Hall–Kier alpha value is -1.31. The van der Waals surface area contributed by atoms with Crippen LogP contribution in [-0.2, 0) is 4.79 Å². The maximum Gasteiger partial charge on any atom is 0.222 e. The minimum atomic E-state index is 0.153. The molecule has 0 radical (unpaired) electrons. The molecular formula is C10H11NO. The van der Waals surface area contributed by atoms with Crippen molar-refractivity contribution < 1.29 is 4.79 Å². The lowest BCUT2D eigenvalue weighted by Gasteiger charge is -2.27. The monoisotopic (exact) mass is 161 g/mol. The van der Waals surface area contributed by atoms with E-state index in [9.17, 15) is 4.79 Å². The molecule has 2 rings (SSSR count). The number of carbonyl (C=O) groups is 1. The number of benzene rings is 1. The van der Waals surface area contributed by atoms with E-state index in [1.807, 2.05) is 0 Å². The Morgan fingerprint density at radius 1 is 1.33 bits per heavy atom. The molecule has 0 spiro atoms. The SMILES string of the molecule is Cc1ccc([C@@H]2CC(=O)N2)cc1. The summed E-state index contributed by atoms with van der Waals surface area (Å²) in [7, 11) is 0. The summed E-state index contributed by atoms with van der Waals surface area (Å²) >= 11 is 0. The molecule has 0 saturated carbocycles. The zero-order valence-corrected chi connectivity index (χ0v) is 7.00. The zero-order valence-electron chi connectivity index (χ0n) is 7.00. The van der Waals surface area contributed by atoms with Crippen molar-refractivity contribution in [1.82, 2.24) is 5.32 Å². The zero-order chi connectivity index (χ0) is 8.55. The van der Waals surface area contributed by atoms with Gasteiger partial charge in [-0.2, -0.15) is 0 Å². The standard InChI is InChI=1S/C10H11NO/c1-7-2-4-8(5-3-7)9-6-10(12)11-9/h2-5,9H,6H2,1H3,(H,11,12)/t9-/m0/s1. The molecule has 1 atom stereocenters. The first-order valence-corrected chi connectivity index (χ1v) is 4.11. The molecule has 0 unspecified atom stereocenters. The number of nitrogens with one attached hydrogen (secondary N) is 1. The first-order chi connectivity index (χ1) is 5.75. The van der Waals surface area contributed by atoms with Gasteiger partial charge in [0.25, 0.3) is 0 Å². The van der Waals surface area contributed by atoms with E-state index in [1.54, 1.807) is 0 Å².